The number of amides is 1. The number of aromatic amines is 1. The Morgan fingerprint density at radius 2 is 2.00 bits per heavy atom. The summed E-state index contributed by atoms with van der Waals surface area (Å²) >= 11 is 5.78. The summed E-state index contributed by atoms with van der Waals surface area (Å²) in [5.41, 5.74) is 1.39. The molecule has 1 aromatic heterocycles. The summed E-state index contributed by atoms with van der Waals surface area (Å²) in [5, 5.41) is 14.0. The van der Waals surface area contributed by atoms with Crippen LogP contribution in [0, 0.1) is 10.1 Å². The fraction of sp³-hybridized carbons (Fsp3) is 0.111. The molecule has 1 heterocycles. The molecule has 0 aliphatic rings. The van der Waals surface area contributed by atoms with Gasteiger partial charge in [0.25, 0.3) is 11.6 Å². The number of aromatic nitrogens is 2. The highest BCUT2D eigenvalue weighted by atomic mass is 35.5. The Morgan fingerprint density at radius 1 is 1.27 bits per heavy atom. The first kappa shape index (κ1) is 17.6. The molecule has 0 bridgehead atoms. The second-order valence-corrected chi connectivity index (χ2v) is 6.10. The molecule has 0 fully saturated rings. The van der Waals surface area contributed by atoms with Gasteiger partial charge in [0, 0.05) is 11.1 Å². The van der Waals surface area contributed by atoms with Crippen molar-refractivity contribution < 1.29 is 9.72 Å². The van der Waals surface area contributed by atoms with E-state index in [4.69, 9.17) is 11.6 Å². The third kappa shape index (κ3) is 3.73. The maximum absolute atomic E-state index is 12.4. The van der Waals surface area contributed by atoms with E-state index in [2.05, 4.69) is 15.3 Å². The number of nitro benzene ring substituents is 1. The summed E-state index contributed by atoms with van der Waals surface area (Å²) in [6.45, 7) is 1.74. The van der Waals surface area contributed by atoms with Crippen LogP contribution >= 0.6 is 11.6 Å². The molecule has 1 amide bonds. The van der Waals surface area contributed by atoms with Gasteiger partial charge in [-0.1, -0.05) is 41.9 Å². The smallest absolute Gasteiger partial charge is 0.283 e. The normalized spacial score (nSPS) is 11.8. The van der Waals surface area contributed by atoms with Crippen molar-refractivity contribution >= 4 is 23.2 Å². The second-order valence-electron chi connectivity index (χ2n) is 5.66. The van der Waals surface area contributed by atoms with E-state index >= 15 is 0 Å². The molecule has 26 heavy (non-hydrogen) atoms. The van der Waals surface area contributed by atoms with E-state index in [-0.39, 0.29) is 16.3 Å². The quantitative estimate of drug-likeness (QED) is 0.520. The Kier molecular flexibility index (Phi) is 4.99. The molecule has 3 rings (SSSR count). The molecule has 3 aromatic rings. The molecular weight excluding hydrogens is 356 g/mol. The van der Waals surface area contributed by atoms with Crippen LogP contribution in [0.4, 0.5) is 5.69 Å². The monoisotopic (exact) mass is 370 g/mol. The van der Waals surface area contributed by atoms with Crippen molar-refractivity contribution in [2.45, 2.75) is 13.0 Å². The van der Waals surface area contributed by atoms with Gasteiger partial charge in [-0.15, -0.1) is 0 Å². The molecule has 1 atom stereocenters. The fourth-order valence-corrected chi connectivity index (χ4v) is 2.68. The minimum Gasteiger partial charge on any atom is -0.342 e. The van der Waals surface area contributed by atoms with Gasteiger partial charge >= 0.3 is 0 Å². The molecule has 2 aromatic carbocycles. The zero-order valence-corrected chi connectivity index (χ0v) is 14.5. The first-order valence-corrected chi connectivity index (χ1v) is 8.18. The molecule has 2 N–H and O–H groups in total. The summed E-state index contributed by atoms with van der Waals surface area (Å²) in [6.07, 6.45) is 1.68. The van der Waals surface area contributed by atoms with Crippen LogP contribution in [0.3, 0.4) is 0 Å². The first-order chi connectivity index (χ1) is 12.5. The number of imidazole rings is 1. The number of hydrogen-bond donors (Lipinski definition) is 2. The van der Waals surface area contributed by atoms with E-state index < -0.39 is 16.9 Å². The van der Waals surface area contributed by atoms with Crippen LogP contribution in [0.15, 0.2) is 54.7 Å². The van der Waals surface area contributed by atoms with Crippen molar-refractivity contribution in [3.8, 4) is 11.3 Å². The van der Waals surface area contributed by atoms with E-state index in [0.717, 1.165) is 17.3 Å². The predicted octanol–water partition coefficient (Wildman–Crippen LogP) is 4.13. The molecule has 0 radical (unpaired) electrons. The minimum atomic E-state index is -0.633. The zero-order valence-electron chi connectivity index (χ0n) is 13.8. The number of carbonyl (C=O) groups is 1. The Hall–Kier alpha value is -3.19. The van der Waals surface area contributed by atoms with E-state index in [0.29, 0.717) is 5.82 Å². The van der Waals surface area contributed by atoms with Crippen molar-refractivity contribution in [2.24, 2.45) is 0 Å². The molecule has 132 valence electrons. The summed E-state index contributed by atoms with van der Waals surface area (Å²) in [7, 11) is 0. The van der Waals surface area contributed by atoms with Crippen molar-refractivity contribution in [3.63, 3.8) is 0 Å². The molecule has 0 spiro atoms. The van der Waals surface area contributed by atoms with E-state index in [1.807, 2.05) is 30.3 Å². The standard InChI is InChI=1S/C18H15ClN4O3/c1-11(17-20-10-15(22-17)12-5-3-2-4-6-12)21-18(24)14-8-7-13(19)9-16(14)23(25)26/h2-11H,1H3,(H,20,22)(H,21,24). The fourth-order valence-electron chi connectivity index (χ4n) is 2.51. The van der Waals surface area contributed by atoms with Crippen LogP contribution in [0.5, 0.6) is 0 Å². The van der Waals surface area contributed by atoms with Crippen molar-refractivity contribution in [3.05, 3.63) is 81.3 Å². The highest BCUT2D eigenvalue weighted by Gasteiger charge is 2.23. The number of carbonyl (C=O) groups excluding carboxylic acids is 1. The lowest BCUT2D eigenvalue weighted by Crippen LogP contribution is -2.28. The van der Waals surface area contributed by atoms with Crippen molar-refractivity contribution in [2.75, 3.05) is 0 Å². The van der Waals surface area contributed by atoms with Gasteiger partial charge in [0.05, 0.1) is 22.9 Å². The van der Waals surface area contributed by atoms with Crippen LogP contribution in [-0.4, -0.2) is 20.8 Å². The first-order valence-electron chi connectivity index (χ1n) is 7.81. The SMILES string of the molecule is CC(NC(=O)c1ccc(Cl)cc1[N+](=O)[O-])c1ncc(-c2ccccc2)[nH]1. The van der Waals surface area contributed by atoms with Crippen LogP contribution in [0.25, 0.3) is 11.3 Å². The Morgan fingerprint density at radius 3 is 2.69 bits per heavy atom. The lowest BCUT2D eigenvalue weighted by molar-refractivity contribution is -0.385. The largest absolute Gasteiger partial charge is 0.342 e. The summed E-state index contributed by atoms with van der Waals surface area (Å²) in [6, 6.07) is 13.1. The van der Waals surface area contributed by atoms with Gasteiger partial charge in [-0.2, -0.15) is 0 Å². The number of hydrogen-bond acceptors (Lipinski definition) is 4. The van der Waals surface area contributed by atoms with E-state index in [1.165, 1.54) is 12.1 Å². The molecule has 0 saturated heterocycles. The van der Waals surface area contributed by atoms with Gasteiger partial charge < -0.3 is 10.3 Å². The van der Waals surface area contributed by atoms with Crippen LogP contribution in [-0.2, 0) is 0 Å². The number of halogens is 1. The maximum Gasteiger partial charge on any atom is 0.283 e. The predicted molar refractivity (Wildman–Crippen MR) is 98.0 cm³/mol. The van der Waals surface area contributed by atoms with Gasteiger partial charge in [0.15, 0.2) is 0 Å². The molecule has 1 unspecified atom stereocenters. The average molecular weight is 371 g/mol. The van der Waals surface area contributed by atoms with Gasteiger partial charge in [-0.3, -0.25) is 14.9 Å². The van der Waals surface area contributed by atoms with Gasteiger partial charge in [-0.05, 0) is 24.6 Å². The number of nitro groups is 1. The van der Waals surface area contributed by atoms with Crippen LogP contribution < -0.4 is 5.32 Å². The number of rotatable bonds is 5. The number of benzene rings is 2. The lowest BCUT2D eigenvalue weighted by Gasteiger charge is -2.12. The molecule has 0 saturated carbocycles. The van der Waals surface area contributed by atoms with E-state index in [1.54, 1.807) is 13.1 Å². The summed E-state index contributed by atoms with van der Waals surface area (Å²) < 4.78 is 0. The molecule has 0 aliphatic carbocycles. The third-order valence-electron chi connectivity index (χ3n) is 3.84. The van der Waals surface area contributed by atoms with E-state index in [9.17, 15) is 14.9 Å². The Balaban J connectivity index is 1.78. The van der Waals surface area contributed by atoms with Gasteiger partial charge in [0.2, 0.25) is 0 Å². The number of nitrogens with zero attached hydrogens (tertiary/aromatic N) is 2. The highest BCUT2D eigenvalue weighted by molar-refractivity contribution is 6.31. The van der Waals surface area contributed by atoms with Crippen molar-refractivity contribution in [1.29, 1.82) is 0 Å². The summed E-state index contributed by atoms with van der Waals surface area (Å²) in [5.74, 6) is -0.0210. The van der Waals surface area contributed by atoms with Crippen LogP contribution in [0.1, 0.15) is 29.1 Å². The van der Waals surface area contributed by atoms with Gasteiger partial charge in [-0.25, -0.2) is 4.98 Å². The maximum atomic E-state index is 12.4. The highest BCUT2D eigenvalue weighted by Crippen LogP contribution is 2.24. The number of nitrogens with one attached hydrogen (secondary N) is 2. The minimum absolute atomic E-state index is 0.0545. The summed E-state index contributed by atoms with van der Waals surface area (Å²) in [4.78, 5) is 30.4. The molecular formula is C18H15ClN4O3. The number of H-pyrrole nitrogens is 1. The Bertz CT molecular complexity index is 956. The molecule has 7 nitrogen and oxygen atoms in total. The van der Waals surface area contributed by atoms with Crippen LogP contribution in [0.2, 0.25) is 5.02 Å². The Labute approximate surface area is 154 Å². The zero-order chi connectivity index (χ0) is 18.7. The average Bonchev–Trinajstić information content (AvgIpc) is 3.12. The molecule has 0 aliphatic heterocycles. The van der Waals surface area contributed by atoms with Gasteiger partial charge in [0.1, 0.15) is 11.4 Å². The third-order valence-corrected chi connectivity index (χ3v) is 4.07. The van der Waals surface area contributed by atoms with Crippen molar-refractivity contribution in [1.82, 2.24) is 15.3 Å². The molecule has 8 heteroatoms. The lowest BCUT2D eigenvalue weighted by atomic mass is 10.1. The topological polar surface area (TPSA) is 101 Å². The second kappa shape index (κ2) is 7.37.